The van der Waals surface area contributed by atoms with Crippen molar-refractivity contribution >= 4 is 17.7 Å². The molecule has 0 saturated carbocycles. The molecule has 2 heterocycles. The van der Waals surface area contributed by atoms with E-state index in [0.29, 0.717) is 5.75 Å². The Morgan fingerprint density at radius 1 is 1.55 bits per heavy atom. The molecule has 2 rings (SSSR count). The number of aromatic nitrogens is 3. The molecule has 1 saturated heterocycles. The van der Waals surface area contributed by atoms with Crippen molar-refractivity contribution in [3.8, 4) is 0 Å². The molecule has 0 radical (unpaired) electrons. The minimum atomic E-state index is -0.0141. The predicted octanol–water partition coefficient (Wildman–Crippen LogP) is 1.32. The molecule has 0 aliphatic carbocycles. The van der Waals surface area contributed by atoms with Crippen LogP contribution in [0.4, 0.5) is 0 Å². The molecule has 1 unspecified atom stereocenters. The number of nitrogens with zero attached hydrogens (tertiary/aromatic N) is 4. The van der Waals surface area contributed by atoms with Crippen LogP contribution in [0.1, 0.15) is 39.2 Å². The van der Waals surface area contributed by atoms with Crippen molar-refractivity contribution in [3.63, 3.8) is 0 Å². The Morgan fingerprint density at radius 2 is 2.35 bits per heavy atom. The smallest absolute Gasteiger partial charge is 0.233 e. The van der Waals surface area contributed by atoms with Gasteiger partial charge in [-0.3, -0.25) is 4.79 Å². The highest BCUT2D eigenvalue weighted by Gasteiger charge is 2.26. The van der Waals surface area contributed by atoms with Crippen molar-refractivity contribution in [2.24, 2.45) is 0 Å². The molecule has 1 aromatic heterocycles. The molecule has 6 nitrogen and oxygen atoms in total. The third-order valence-corrected chi connectivity index (χ3v) is 4.52. The molecule has 1 aliphatic rings. The average Bonchev–Trinajstić information content (AvgIpc) is 2.93. The summed E-state index contributed by atoms with van der Waals surface area (Å²) in [6.07, 6.45) is 4.70. The number of piperidine rings is 1. The van der Waals surface area contributed by atoms with E-state index >= 15 is 0 Å². The number of carbonyl (C=O) groups excluding carboxylic acids is 1. The first-order valence-corrected chi connectivity index (χ1v) is 8.04. The van der Waals surface area contributed by atoms with E-state index in [9.17, 15) is 9.90 Å². The van der Waals surface area contributed by atoms with Gasteiger partial charge in [-0.05, 0) is 33.1 Å². The van der Waals surface area contributed by atoms with Crippen LogP contribution in [0.15, 0.2) is 11.5 Å². The molecule has 0 bridgehead atoms. The summed E-state index contributed by atoms with van der Waals surface area (Å²) in [6, 6.07) is 0.266. The second-order valence-corrected chi connectivity index (χ2v) is 6.27. The number of aliphatic hydroxyl groups is 1. The molecule has 1 aromatic rings. The maximum absolute atomic E-state index is 12.3. The van der Waals surface area contributed by atoms with E-state index in [1.165, 1.54) is 11.8 Å². The summed E-state index contributed by atoms with van der Waals surface area (Å²) in [4.78, 5) is 14.1. The Kier molecular flexibility index (Phi) is 5.42. The molecule has 0 spiro atoms. The van der Waals surface area contributed by atoms with Gasteiger partial charge >= 0.3 is 0 Å². The van der Waals surface area contributed by atoms with Crippen molar-refractivity contribution in [1.82, 2.24) is 19.7 Å². The SMILES string of the molecule is CC(C)n1cnnc1SCC(=O)N1CCCCC1CO. The summed E-state index contributed by atoms with van der Waals surface area (Å²) in [5.74, 6) is 0.425. The van der Waals surface area contributed by atoms with Crippen LogP contribution in [0.2, 0.25) is 0 Å². The Hall–Kier alpha value is -1.08. The van der Waals surface area contributed by atoms with E-state index in [1.807, 2.05) is 9.47 Å². The van der Waals surface area contributed by atoms with Crippen LogP contribution < -0.4 is 0 Å². The number of thioether (sulfide) groups is 1. The van der Waals surface area contributed by atoms with Crippen LogP contribution in [-0.2, 0) is 4.79 Å². The maximum Gasteiger partial charge on any atom is 0.233 e. The Morgan fingerprint density at radius 3 is 3.05 bits per heavy atom. The lowest BCUT2D eigenvalue weighted by atomic mass is 10.0. The second kappa shape index (κ2) is 7.08. The fourth-order valence-electron chi connectivity index (χ4n) is 2.42. The van der Waals surface area contributed by atoms with Gasteiger partial charge in [0.2, 0.25) is 5.91 Å². The highest BCUT2D eigenvalue weighted by atomic mass is 32.2. The molecule has 1 N–H and O–H groups in total. The lowest BCUT2D eigenvalue weighted by Gasteiger charge is -2.34. The minimum Gasteiger partial charge on any atom is -0.394 e. The molecular weight excluding hydrogens is 276 g/mol. The van der Waals surface area contributed by atoms with Gasteiger partial charge in [-0.1, -0.05) is 11.8 Å². The summed E-state index contributed by atoms with van der Waals surface area (Å²) in [7, 11) is 0. The van der Waals surface area contributed by atoms with Crippen LogP contribution in [0, 0.1) is 0 Å². The van der Waals surface area contributed by atoms with Crippen molar-refractivity contribution in [2.75, 3.05) is 18.9 Å². The molecule has 20 heavy (non-hydrogen) atoms. The van der Waals surface area contributed by atoms with Gasteiger partial charge in [-0.15, -0.1) is 10.2 Å². The number of rotatable bonds is 5. The standard InChI is InChI=1S/C13H22N4O2S/c1-10(2)17-9-14-15-13(17)20-8-12(19)16-6-4-3-5-11(16)7-18/h9-11,18H,3-8H2,1-2H3. The summed E-state index contributed by atoms with van der Waals surface area (Å²) in [5, 5.41) is 18.1. The number of hydrogen-bond acceptors (Lipinski definition) is 5. The zero-order valence-corrected chi connectivity index (χ0v) is 12.8. The number of hydrogen-bond donors (Lipinski definition) is 1. The van der Waals surface area contributed by atoms with Gasteiger partial charge in [-0.2, -0.15) is 0 Å². The fraction of sp³-hybridized carbons (Fsp3) is 0.769. The summed E-state index contributed by atoms with van der Waals surface area (Å²) < 4.78 is 1.96. The highest BCUT2D eigenvalue weighted by molar-refractivity contribution is 7.99. The lowest BCUT2D eigenvalue weighted by molar-refractivity contribution is -0.133. The first-order chi connectivity index (χ1) is 9.63. The van der Waals surface area contributed by atoms with Crippen molar-refractivity contribution in [2.45, 2.75) is 50.4 Å². The lowest BCUT2D eigenvalue weighted by Crippen LogP contribution is -2.46. The van der Waals surface area contributed by atoms with E-state index < -0.39 is 0 Å². The van der Waals surface area contributed by atoms with Crippen LogP contribution in [0.5, 0.6) is 0 Å². The number of likely N-dealkylation sites (tertiary alicyclic amines) is 1. The van der Waals surface area contributed by atoms with E-state index in [1.54, 1.807) is 6.33 Å². The molecule has 1 aliphatic heterocycles. The first kappa shape index (κ1) is 15.3. The first-order valence-electron chi connectivity index (χ1n) is 7.06. The van der Waals surface area contributed by atoms with Crippen LogP contribution in [0.3, 0.4) is 0 Å². The molecule has 0 aromatic carbocycles. The monoisotopic (exact) mass is 298 g/mol. The van der Waals surface area contributed by atoms with Gasteiger partial charge in [0.05, 0.1) is 18.4 Å². The molecule has 1 fully saturated rings. The Labute approximate surface area is 123 Å². The molecule has 7 heteroatoms. The van der Waals surface area contributed by atoms with Gasteiger partial charge < -0.3 is 14.6 Å². The largest absolute Gasteiger partial charge is 0.394 e. The van der Waals surface area contributed by atoms with Gasteiger partial charge in [0.1, 0.15) is 6.33 Å². The van der Waals surface area contributed by atoms with Gasteiger partial charge in [-0.25, -0.2) is 0 Å². The average molecular weight is 298 g/mol. The minimum absolute atomic E-state index is 0.0141. The summed E-state index contributed by atoms with van der Waals surface area (Å²) >= 11 is 1.41. The van der Waals surface area contributed by atoms with E-state index in [-0.39, 0.29) is 24.6 Å². The molecule has 1 amide bonds. The fourth-order valence-corrected chi connectivity index (χ4v) is 3.35. The predicted molar refractivity (Wildman–Crippen MR) is 77.6 cm³/mol. The summed E-state index contributed by atoms with van der Waals surface area (Å²) in [5.41, 5.74) is 0. The van der Waals surface area contributed by atoms with Gasteiger partial charge in [0.15, 0.2) is 5.16 Å². The van der Waals surface area contributed by atoms with E-state index in [2.05, 4.69) is 24.0 Å². The highest BCUT2D eigenvalue weighted by Crippen LogP contribution is 2.22. The zero-order valence-electron chi connectivity index (χ0n) is 12.0. The summed E-state index contributed by atoms with van der Waals surface area (Å²) in [6.45, 7) is 4.92. The van der Waals surface area contributed by atoms with Crippen LogP contribution in [0.25, 0.3) is 0 Å². The van der Waals surface area contributed by atoms with Crippen molar-refractivity contribution < 1.29 is 9.90 Å². The van der Waals surface area contributed by atoms with Gasteiger partial charge in [0.25, 0.3) is 0 Å². The van der Waals surface area contributed by atoms with Gasteiger partial charge in [0, 0.05) is 12.6 Å². The van der Waals surface area contributed by atoms with Crippen LogP contribution >= 0.6 is 11.8 Å². The molecule has 1 atom stereocenters. The molecular formula is C13H22N4O2S. The quantitative estimate of drug-likeness (QED) is 0.830. The third kappa shape index (κ3) is 3.52. The molecule has 112 valence electrons. The Balaban J connectivity index is 1.92. The van der Waals surface area contributed by atoms with E-state index in [4.69, 9.17) is 0 Å². The second-order valence-electron chi connectivity index (χ2n) is 5.32. The number of amides is 1. The number of carbonyl (C=O) groups is 1. The zero-order chi connectivity index (χ0) is 14.5. The van der Waals surface area contributed by atoms with E-state index in [0.717, 1.165) is 31.0 Å². The van der Waals surface area contributed by atoms with Crippen LogP contribution in [-0.4, -0.2) is 55.6 Å². The topological polar surface area (TPSA) is 71.2 Å². The third-order valence-electron chi connectivity index (χ3n) is 3.58. The normalized spacial score (nSPS) is 19.6. The maximum atomic E-state index is 12.3. The number of aliphatic hydroxyl groups excluding tert-OH is 1. The Bertz CT molecular complexity index is 449. The van der Waals surface area contributed by atoms with Crippen molar-refractivity contribution in [1.29, 1.82) is 0 Å². The van der Waals surface area contributed by atoms with Crippen molar-refractivity contribution in [3.05, 3.63) is 6.33 Å².